The van der Waals surface area contributed by atoms with E-state index in [0.717, 1.165) is 17.7 Å². The van der Waals surface area contributed by atoms with Crippen LogP contribution in [0.15, 0.2) is 47.1 Å². The summed E-state index contributed by atoms with van der Waals surface area (Å²) in [5.41, 5.74) is 6.38. The molecular weight excluding hydrogens is 318 g/mol. The number of amides is 1. The first kappa shape index (κ1) is 15.6. The van der Waals surface area contributed by atoms with E-state index in [1.807, 2.05) is 0 Å². The topological polar surface area (TPSA) is 94.0 Å². The van der Waals surface area contributed by atoms with Gasteiger partial charge in [-0.1, -0.05) is 11.2 Å². The van der Waals surface area contributed by atoms with Crippen molar-refractivity contribution in [2.45, 2.75) is 6.54 Å². The van der Waals surface area contributed by atoms with Crippen LogP contribution in [0.2, 0.25) is 0 Å². The van der Waals surface area contributed by atoms with Gasteiger partial charge in [0.1, 0.15) is 23.1 Å². The molecule has 0 radical (unpaired) electrons. The SMILES string of the molecule is Nc1ccc(CNC(=O)c2cc(-c3ccc(F)cc3F)no2)cn1. The summed E-state index contributed by atoms with van der Waals surface area (Å²) in [6.45, 7) is 0.215. The summed E-state index contributed by atoms with van der Waals surface area (Å²) >= 11 is 0. The third kappa shape index (κ3) is 3.37. The molecule has 3 rings (SSSR count). The molecule has 8 heteroatoms. The molecule has 0 saturated heterocycles. The monoisotopic (exact) mass is 330 g/mol. The van der Waals surface area contributed by atoms with Gasteiger partial charge in [-0.15, -0.1) is 0 Å². The smallest absolute Gasteiger partial charge is 0.290 e. The molecule has 2 aromatic heterocycles. The van der Waals surface area contributed by atoms with E-state index in [1.165, 1.54) is 18.3 Å². The van der Waals surface area contributed by atoms with Crippen molar-refractivity contribution < 1.29 is 18.1 Å². The Balaban J connectivity index is 1.70. The molecule has 1 aromatic carbocycles. The van der Waals surface area contributed by atoms with Crippen molar-refractivity contribution >= 4 is 11.7 Å². The average molecular weight is 330 g/mol. The molecule has 0 atom stereocenters. The summed E-state index contributed by atoms with van der Waals surface area (Å²) in [5.74, 6) is -1.71. The molecule has 24 heavy (non-hydrogen) atoms. The summed E-state index contributed by atoms with van der Waals surface area (Å²) in [4.78, 5) is 15.9. The molecule has 6 nitrogen and oxygen atoms in total. The Labute approximate surface area is 135 Å². The second-order valence-electron chi connectivity index (χ2n) is 4.97. The van der Waals surface area contributed by atoms with Crippen LogP contribution >= 0.6 is 0 Å². The fraction of sp³-hybridized carbons (Fsp3) is 0.0625. The van der Waals surface area contributed by atoms with Gasteiger partial charge in [-0.3, -0.25) is 4.79 Å². The summed E-state index contributed by atoms with van der Waals surface area (Å²) in [7, 11) is 0. The van der Waals surface area contributed by atoms with Crippen LogP contribution in [0.1, 0.15) is 16.1 Å². The maximum absolute atomic E-state index is 13.7. The number of halogens is 2. The van der Waals surface area contributed by atoms with Crippen molar-refractivity contribution in [1.29, 1.82) is 0 Å². The van der Waals surface area contributed by atoms with Crippen LogP contribution < -0.4 is 11.1 Å². The first-order valence-corrected chi connectivity index (χ1v) is 6.93. The molecule has 0 aliphatic rings. The van der Waals surface area contributed by atoms with Crippen molar-refractivity contribution in [3.8, 4) is 11.3 Å². The molecular formula is C16H12F2N4O2. The molecule has 1 amide bonds. The van der Waals surface area contributed by atoms with Gasteiger partial charge in [0.2, 0.25) is 5.76 Å². The summed E-state index contributed by atoms with van der Waals surface area (Å²) < 4.78 is 31.5. The quantitative estimate of drug-likeness (QED) is 0.766. The number of carbonyl (C=O) groups is 1. The highest BCUT2D eigenvalue weighted by Gasteiger charge is 2.16. The summed E-state index contributed by atoms with van der Waals surface area (Å²) in [6, 6.07) is 7.68. The normalized spacial score (nSPS) is 10.6. The van der Waals surface area contributed by atoms with Gasteiger partial charge in [-0.25, -0.2) is 13.8 Å². The molecule has 3 aromatic rings. The Morgan fingerprint density at radius 2 is 2.04 bits per heavy atom. The van der Waals surface area contributed by atoms with Crippen molar-refractivity contribution in [3.05, 3.63) is 65.6 Å². The highest BCUT2D eigenvalue weighted by Crippen LogP contribution is 2.23. The van der Waals surface area contributed by atoms with Crippen LogP contribution in [0, 0.1) is 11.6 Å². The number of aromatic nitrogens is 2. The Bertz CT molecular complexity index is 878. The molecule has 0 spiro atoms. The van der Waals surface area contributed by atoms with Crippen LogP contribution in [0.25, 0.3) is 11.3 Å². The van der Waals surface area contributed by atoms with E-state index in [9.17, 15) is 13.6 Å². The fourth-order valence-corrected chi connectivity index (χ4v) is 2.02. The first-order chi connectivity index (χ1) is 11.5. The van der Waals surface area contributed by atoms with Gasteiger partial charge in [0.15, 0.2) is 0 Å². The van der Waals surface area contributed by atoms with Gasteiger partial charge in [-0.2, -0.15) is 0 Å². The van der Waals surface area contributed by atoms with Crippen molar-refractivity contribution in [1.82, 2.24) is 15.5 Å². The molecule has 0 bridgehead atoms. The summed E-state index contributed by atoms with van der Waals surface area (Å²) in [5, 5.41) is 6.25. The van der Waals surface area contributed by atoms with E-state index in [-0.39, 0.29) is 23.6 Å². The number of nitrogen functional groups attached to an aromatic ring is 1. The van der Waals surface area contributed by atoms with Gasteiger partial charge in [0, 0.05) is 30.4 Å². The fourth-order valence-electron chi connectivity index (χ4n) is 2.02. The highest BCUT2D eigenvalue weighted by atomic mass is 19.1. The number of carbonyl (C=O) groups excluding carboxylic acids is 1. The minimum atomic E-state index is -0.789. The zero-order valence-corrected chi connectivity index (χ0v) is 12.3. The van der Waals surface area contributed by atoms with Crippen LogP contribution in [0.4, 0.5) is 14.6 Å². The van der Waals surface area contributed by atoms with Gasteiger partial charge in [-0.05, 0) is 23.8 Å². The van der Waals surface area contributed by atoms with E-state index in [1.54, 1.807) is 12.1 Å². The molecule has 0 aliphatic heterocycles. The van der Waals surface area contributed by atoms with E-state index in [0.29, 0.717) is 5.82 Å². The van der Waals surface area contributed by atoms with E-state index >= 15 is 0 Å². The Hall–Kier alpha value is -3.29. The van der Waals surface area contributed by atoms with Gasteiger partial charge in [0.25, 0.3) is 5.91 Å². The molecule has 3 N–H and O–H groups in total. The zero-order chi connectivity index (χ0) is 17.1. The van der Waals surface area contributed by atoms with Crippen molar-refractivity contribution in [3.63, 3.8) is 0 Å². The maximum Gasteiger partial charge on any atom is 0.290 e. The first-order valence-electron chi connectivity index (χ1n) is 6.93. The number of nitrogens with zero attached hydrogens (tertiary/aromatic N) is 2. The van der Waals surface area contributed by atoms with E-state index < -0.39 is 17.5 Å². The number of anilines is 1. The standard InChI is InChI=1S/C16H12F2N4O2/c17-10-2-3-11(12(18)5-10)13-6-14(24-22-13)16(23)21-8-9-1-4-15(19)20-7-9/h1-7H,8H2,(H2,19,20)(H,21,23). The molecule has 0 aliphatic carbocycles. The maximum atomic E-state index is 13.7. The Kier molecular flexibility index (Phi) is 4.19. The molecule has 122 valence electrons. The zero-order valence-electron chi connectivity index (χ0n) is 12.3. The van der Waals surface area contributed by atoms with Crippen molar-refractivity contribution in [2.24, 2.45) is 0 Å². The molecule has 0 fully saturated rings. The largest absolute Gasteiger partial charge is 0.384 e. The van der Waals surface area contributed by atoms with Crippen LogP contribution in [-0.2, 0) is 6.54 Å². The van der Waals surface area contributed by atoms with Crippen molar-refractivity contribution in [2.75, 3.05) is 5.73 Å². The number of pyridine rings is 1. The van der Waals surface area contributed by atoms with Crippen LogP contribution in [0.3, 0.4) is 0 Å². The minimum Gasteiger partial charge on any atom is -0.384 e. The van der Waals surface area contributed by atoms with Gasteiger partial charge < -0.3 is 15.6 Å². The second-order valence-corrected chi connectivity index (χ2v) is 4.97. The summed E-state index contributed by atoms with van der Waals surface area (Å²) in [6.07, 6.45) is 1.54. The van der Waals surface area contributed by atoms with Crippen LogP contribution in [-0.4, -0.2) is 16.0 Å². The Morgan fingerprint density at radius 1 is 1.21 bits per heavy atom. The average Bonchev–Trinajstić information content (AvgIpc) is 3.04. The number of hydrogen-bond donors (Lipinski definition) is 2. The third-order valence-corrected chi connectivity index (χ3v) is 3.24. The highest BCUT2D eigenvalue weighted by molar-refractivity contribution is 5.92. The van der Waals surface area contributed by atoms with Gasteiger partial charge in [0.05, 0.1) is 0 Å². The number of hydrogen-bond acceptors (Lipinski definition) is 5. The third-order valence-electron chi connectivity index (χ3n) is 3.24. The predicted octanol–water partition coefficient (Wildman–Crippen LogP) is 2.53. The lowest BCUT2D eigenvalue weighted by Gasteiger charge is -2.02. The molecule has 2 heterocycles. The second kappa shape index (κ2) is 6.45. The number of nitrogens with one attached hydrogen (secondary N) is 1. The molecule has 0 saturated carbocycles. The van der Waals surface area contributed by atoms with E-state index in [4.69, 9.17) is 10.3 Å². The number of rotatable bonds is 4. The minimum absolute atomic E-state index is 0.0435. The number of benzene rings is 1. The van der Waals surface area contributed by atoms with E-state index in [2.05, 4.69) is 15.5 Å². The lowest BCUT2D eigenvalue weighted by atomic mass is 10.1. The Morgan fingerprint density at radius 3 is 2.75 bits per heavy atom. The molecule has 0 unspecified atom stereocenters. The predicted molar refractivity (Wildman–Crippen MR) is 81.7 cm³/mol. The van der Waals surface area contributed by atoms with Gasteiger partial charge >= 0.3 is 0 Å². The van der Waals surface area contributed by atoms with Crippen LogP contribution in [0.5, 0.6) is 0 Å². The lowest BCUT2D eigenvalue weighted by Crippen LogP contribution is -2.22. The lowest BCUT2D eigenvalue weighted by molar-refractivity contribution is 0.0914. The number of nitrogens with two attached hydrogens (primary N) is 1.